The molecule has 0 aromatic carbocycles. The van der Waals surface area contributed by atoms with Gasteiger partial charge < -0.3 is 10.2 Å². The van der Waals surface area contributed by atoms with Crippen molar-refractivity contribution in [2.75, 3.05) is 26.7 Å². The predicted octanol–water partition coefficient (Wildman–Crippen LogP) is 3.13. The second-order valence-electron chi connectivity index (χ2n) is 7.17. The van der Waals surface area contributed by atoms with Gasteiger partial charge in [-0.05, 0) is 43.8 Å². The molecule has 2 nitrogen and oxygen atoms in total. The van der Waals surface area contributed by atoms with Crippen molar-refractivity contribution in [3.63, 3.8) is 0 Å². The largest absolute Gasteiger partial charge is 0.315 e. The molecule has 0 amide bonds. The summed E-state index contributed by atoms with van der Waals surface area (Å²) in [6, 6.07) is 0.591. The van der Waals surface area contributed by atoms with E-state index in [2.05, 4.69) is 51.9 Å². The van der Waals surface area contributed by atoms with Crippen LogP contribution in [-0.4, -0.2) is 37.6 Å². The average molecular weight is 240 g/mol. The zero-order chi connectivity index (χ0) is 13.1. The smallest absolute Gasteiger partial charge is 0.0240 e. The Hall–Kier alpha value is -0.0800. The maximum atomic E-state index is 3.48. The number of piperidine rings is 1. The summed E-state index contributed by atoms with van der Waals surface area (Å²) in [7, 11) is 2.09. The molecule has 0 aromatic rings. The first kappa shape index (κ1) is 15.0. The zero-order valence-electron chi connectivity index (χ0n) is 12.8. The van der Waals surface area contributed by atoms with Gasteiger partial charge in [0.1, 0.15) is 0 Å². The summed E-state index contributed by atoms with van der Waals surface area (Å²) in [6.07, 6.45) is 4.06. The quantitative estimate of drug-likeness (QED) is 0.812. The molecule has 0 bridgehead atoms. The fourth-order valence-electron chi connectivity index (χ4n) is 2.69. The highest BCUT2D eigenvalue weighted by molar-refractivity contribution is 4.86. The highest BCUT2D eigenvalue weighted by Crippen LogP contribution is 2.34. The molecule has 102 valence electrons. The fourth-order valence-corrected chi connectivity index (χ4v) is 2.69. The van der Waals surface area contributed by atoms with Gasteiger partial charge in [0.15, 0.2) is 0 Å². The van der Waals surface area contributed by atoms with Gasteiger partial charge in [-0.3, -0.25) is 0 Å². The third kappa shape index (κ3) is 4.26. The first-order valence-electron chi connectivity index (χ1n) is 7.20. The molecule has 1 unspecified atom stereocenters. The summed E-state index contributed by atoms with van der Waals surface area (Å²) in [6.45, 7) is 15.5. The van der Waals surface area contributed by atoms with Gasteiger partial charge in [-0.25, -0.2) is 0 Å². The number of likely N-dealkylation sites (N-methyl/N-ethyl adjacent to an activating group) is 1. The predicted molar refractivity (Wildman–Crippen MR) is 76.4 cm³/mol. The van der Waals surface area contributed by atoms with Gasteiger partial charge in [-0.15, -0.1) is 0 Å². The maximum Gasteiger partial charge on any atom is 0.0240 e. The molecular weight excluding hydrogens is 208 g/mol. The molecule has 2 heteroatoms. The fraction of sp³-hybridized carbons (Fsp3) is 1.00. The van der Waals surface area contributed by atoms with Gasteiger partial charge in [0.05, 0.1) is 0 Å². The van der Waals surface area contributed by atoms with E-state index >= 15 is 0 Å². The number of rotatable bonds is 4. The Bertz CT molecular complexity index is 222. The highest BCUT2D eigenvalue weighted by Gasteiger charge is 2.31. The molecule has 1 N–H and O–H groups in total. The van der Waals surface area contributed by atoms with Crippen molar-refractivity contribution < 1.29 is 0 Å². The van der Waals surface area contributed by atoms with Crippen LogP contribution >= 0.6 is 0 Å². The van der Waals surface area contributed by atoms with Gasteiger partial charge in [0, 0.05) is 12.6 Å². The Morgan fingerprint density at radius 1 is 1.24 bits per heavy atom. The molecule has 1 fully saturated rings. The third-order valence-corrected chi connectivity index (χ3v) is 4.75. The van der Waals surface area contributed by atoms with Crippen LogP contribution in [0, 0.1) is 10.8 Å². The molecule has 0 radical (unpaired) electrons. The molecule has 1 aliphatic rings. The lowest BCUT2D eigenvalue weighted by Gasteiger charge is -2.42. The standard InChI is InChI=1S/C15H32N2/c1-7-15(5)8-10-17(11-9-15)12-13(16-6)14(2,3)4/h13,16H,7-12H2,1-6H3. The Morgan fingerprint density at radius 2 is 1.76 bits per heavy atom. The highest BCUT2D eigenvalue weighted by atomic mass is 15.2. The van der Waals surface area contributed by atoms with Gasteiger partial charge in [0.25, 0.3) is 0 Å². The zero-order valence-corrected chi connectivity index (χ0v) is 12.8. The number of nitrogens with zero attached hydrogens (tertiary/aromatic N) is 1. The molecule has 0 aromatic heterocycles. The molecule has 0 saturated carbocycles. The molecule has 1 rings (SSSR count). The van der Waals surface area contributed by atoms with Crippen molar-refractivity contribution in [1.29, 1.82) is 0 Å². The number of nitrogens with one attached hydrogen (secondary N) is 1. The van der Waals surface area contributed by atoms with Crippen LogP contribution in [0.2, 0.25) is 0 Å². The van der Waals surface area contributed by atoms with E-state index in [1.807, 2.05) is 0 Å². The van der Waals surface area contributed by atoms with Crippen molar-refractivity contribution in [1.82, 2.24) is 10.2 Å². The normalized spacial score (nSPS) is 23.6. The number of likely N-dealkylation sites (tertiary alicyclic amines) is 1. The van der Waals surface area contributed by atoms with E-state index in [-0.39, 0.29) is 0 Å². The lowest BCUT2D eigenvalue weighted by Crippen LogP contribution is -2.50. The summed E-state index contributed by atoms with van der Waals surface area (Å²) in [5.41, 5.74) is 0.952. The topological polar surface area (TPSA) is 15.3 Å². The number of hydrogen-bond acceptors (Lipinski definition) is 2. The van der Waals surface area contributed by atoms with E-state index in [0.717, 1.165) is 0 Å². The lowest BCUT2D eigenvalue weighted by molar-refractivity contribution is 0.0907. The van der Waals surface area contributed by atoms with Crippen molar-refractivity contribution in [3.05, 3.63) is 0 Å². The van der Waals surface area contributed by atoms with E-state index in [9.17, 15) is 0 Å². The van der Waals surface area contributed by atoms with Crippen LogP contribution in [0.5, 0.6) is 0 Å². The molecule has 17 heavy (non-hydrogen) atoms. The van der Waals surface area contributed by atoms with Gasteiger partial charge in [-0.1, -0.05) is 41.0 Å². The Labute approximate surface area is 108 Å². The first-order chi connectivity index (χ1) is 7.80. The Balaban J connectivity index is 2.45. The second-order valence-corrected chi connectivity index (χ2v) is 7.17. The SMILES string of the molecule is CCC1(C)CCN(CC(NC)C(C)(C)C)CC1. The lowest BCUT2D eigenvalue weighted by atomic mass is 9.78. The Kier molecular flexibility index (Phi) is 5.03. The van der Waals surface area contributed by atoms with E-state index in [1.165, 1.54) is 38.9 Å². The minimum atomic E-state index is 0.347. The van der Waals surface area contributed by atoms with Crippen LogP contribution in [0.15, 0.2) is 0 Å². The summed E-state index contributed by atoms with van der Waals surface area (Å²) >= 11 is 0. The molecule has 1 atom stereocenters. The van der Waals surface area contributed by atoms with Gasteiger partial charge >= 0.3 is 0 Å². The van der Waals surface area contributed by atoms with Crippen LogP contribution in [0.1, 0.15) is 53.9 Å². The van der Waals surface area contributed by atoms with Gasteiger partial charge in [-0.2, -0.15) is 0 Å². The molecule has 0 aliphatic carbocycles. The van der Waals surface area contributed by atoms with Crippen LogP contribution < -0.4 is 5.32 Å². The molecule has 0 spiro atoms. The maximum absolute atomic E-state index is 3.48. The summed E-state index contributed by atoms with van der Waals surface area (Å²) in [4.78, 5) is 2.64. The summed E-state index contributed by atoms with van der Waals surface area (Å²) < 4.78 is 0. The Morgan fingerprint density at radius 3 is 2.12 bits per heavy atom. The van der Waals surface area contributed by atoms with Gasteiger partial charge in [0.2, 0.25) is 0 Å². The van der Waals surface area contributed by atoms with E-state index in [0.29, 0.717) is 16.9 Å². The number of hydrogen-bond donors (Lipinski definition) is 1. The van der Waals surface area contributed by atoms with Crippen molar-refractivity contribution in [2.45, 2.75) is 59.9 Å². The van der Waals surface area contributed by atoms with Crippen molar-refractivity contribution in [3.8, 4) is 0 Å². The summed E-state index contributed by atoms with van der Waals surface area (Å²) in [5.74, 6) is 0. The van der Waals surface area contributed by atoms with Crippen LogP contribution in [0.25, 0.3) is 0 Å². The van der Waals surface area contributed by atoms with Crippen LogP contribution in [0.4, 0.5) is 0 Å². The van der Waals surface area contributed by atoms with Crippen LogP contribution in [0.3, 0.4) is 0 Å². The third-order valence-electron chi connectivity index (χ3n) is 4.75. The first-order valence-corrected chi connectivity index (χ1v) is 7.20. The van der Waals surface area contributed by atoms with Crippen molar-refractivity contribution in [2.24, 2.45) is 10.8 Å². The van der Waals surface area contributed by atoms with E-state index in [4.69, 9.17) is 0 Å². The summed E-state index contributed by atoms with van der Waals surface area (Å²) in [5, 5.41) is 3.48. The van der Waals surface area contributed by atoms with Crippen LogP contribution in [-0.2, 0) is 0 Å². The van der Waals surface area contributed by atoms with E-state index in [1.54, 1.807) is 0 Å². The molecule has 1 heterocycles. The van der Waals surface area contributed by atoms with E-state index < -0.39 is 0 Å². The molecule has 1 saturated heterocycles. The molecular formula is C15H32N2. The average Bonchev–Trinajstić information content (AvgIpc) is 2.27. The second kappa shape index (κ2) is 5.71. The van der Waals surface area contributed by atoms with Crippen molar-refractivity contribution >= 4 is 0 Å². The monoisotopic (exact) mass is 240 g/mol. The molecule has 1 aliphatic heterocycles. The minimum absolute atomic E-state index is 0.347. The minimum Gasteiger partial charge on any atom is -0.315 e.